The van der Waals surface area contributed by atoms with Gasteiger partial charge in [-0.15, -0.1) is 11.3 Å². The van der Waals surface area contributed by atoms with E-state index in [-0.39, 0.29) is 13.2 Å². The quantitative estimate of drug-likeness (QED) is 0.437. The smallest absolute Gasteiger partial charge is 0.344 e. The molecule has 1 aromatic heterocycles. The predicted molar refractivity (Wildman–Crippen MR) is 109 cm³/mol. The number of hydrogen-bond donors (Lipinski definition) is 0. The van der Waals surface area contributed by atoms with Crippen molar-refractivity contribution in [2.24, 2.45) is 0 Å². The molecule has 0 fully saturated rings. The number of aromatic nitrogens is 1. The first-order chi connectivity index (χ1) is 13.5. The number of rotatable bonds is 8. The summed E-state index contributed by atoms with van der Waals surface area (Å²) in [7, 11) is 0. The van der Waals surface area contributed by atoms with E-state index >= 15 is 0 Å². The molecular weight excluding hydrogens is 421 g/mol. The monoisotopic (exact) mass is 437 g/mol. The summed E-state index contributed by atoms with van der Waals surface area (Å²) in [5.41, 5.74) is 1.54. The number of thiazole rings is 1. The van der Waals surface area contributed by atoms with Gasteiger partial charge in [-0.1, -0.05) is 23.2 Å². The molecule has 0 radical (unpaired) electrons. The van der Waals surface area contributed by atoms with Crippen molar-refractivity contribution in [3.8, 4) is 11.5 Å². The lowest BCUT2D eigenvalue weighted by atomic mass is 10.2. The van der Waals surface area contributed by atoms with Crippen LogP contribution in [0, 0.1) is 6.92 Å². The van der Waals surface area contributed by atoms with E-state index in [0.29, 0.717) is 33.8 Å². The molecule has 0 aliphatic heterocycles. The van der Waals surface area contributed by atoms with E-state index in [1.165, 1.54) is 11.3 Å². The van der Waals surface area contributed by atoms with Gasteiger partial charge in [-0.25, -0.2) is 9.78 Å². The van der Waals surface area contributed by atoms with Crippen LogP contribution in [0.3, 0.4) is 0 Å². The highest BCUT2D eigenvalue weighted by molar-refractivity contribution is 7.09. The molecule has 28 heavy (non-hydrogen) atoms. The van der Waals surface area contributed by atoms with Crippen LogP contribution in [0.5, 0.6) is 11.5 Å². The molecule has 8 heteroatoms. The maximum atomic E-state index is 11.9. The van der Waals surface area contributed by atoms with Crippen molar-refractivity contribution in [3.63, 3.8) is 0 Å². The molecule has 2 aromatic carbocycles. The predicted octanol–water partition coefficient (Wildman–Crippen LogP) is 5.46. The first-order valence-electron chi connectivity index (χ1n) is 8.36. The topological polar surface area (TPSA) is 57.7 Å². The second-order valence-electron chi connectivity index (χ2n) is 5.84. The van der Waals surface area contributed by atoms with Gasteiger partial charge in [0.1, 0.15) is 29.7 Å². The Morgan fingerprint density at radius 3 is 2.54 bits per heavy atom. The van der Waals surface area contributed by atoms with Crippen molar-refractivity contribution >= 4 is 40.5 Å². The van der Waals surface area contributed by atoms with Crippen LogP contribution in [-0.2, 0) is 22.7 Å². The molecule has 3 aromatic rings. The van der Waals surface area contributed by atoms with E-state index in [1.54, 1.807) is 42.5 Å². The second kappa shape index (κ2) is 9.78. The summed E-state index contributed by atoms with van der Waals surface area (Å²) in [6.45, 7) is 2.10. The minimum absolute atomic E-state index is 0.0826. The van der Waals surface area contributed by atoms with Gasteiger partial charge in [0, 0.05) is 15.4 Å². The summed E-state index contributed by atoms with van der Waals surface area (Å²) in [6.07, 6.45) is 0. The highest BCUT2D eigenvalue weighted by Gasteiger charge is 2.09. The Bertz CT molecular complexity index is 944. The zero-order valence-corrected chi connectivity index (χ0v) is 17.3. The van der Waals surface area contributed by atoms with Crippen LogP contribution in [0.1, 0.15) is 16.3 Å². The molecule has 0 atom stereocenters. The van der Waals surface area contributed by atoms with E-state index < -0.39 is 5.97 Å². The number of carbonyl (C=O) groups excluding carboxylic acids is 1. The molecule has 0 amide bonds. The Hall–Kier alpha value is -2.28. The van der Waals surface area contributed by atoms with E-state index in [4.69, 9.17) is 37.4 Å². The van der Waals surface area contributed by atoms with Crippen molar-refractivity contribution in [2.75, 3.05) is 6.61 Å². The molecule has 5 nitrogen and oxygen atoms in total. The van der Waals surface area contributed by atoms with Crippen LogP contribution in [0.4, 0.5) is 0 Å². The molecule has 146 valence electrons. The normalized spacial score (nSPS) is 10.5. The number of nitrogens with zero attached hydrogens (tertiary/aromatic N) is 1. The summed E-state index contributed by atoms with van der Waals surface area (Å²) in [6, 6.07) is 12.3. The van der Waals surface area contributed by atoms with E-state index in [2.05, 4.69) is 4.98 Å². The van der Waals surface area contributed by atoms with Gasteiger partial charge in [-0.2, -0.15) is 0 Å². The molecule has 0 N–H and O–H groups in total. The van der Waals surface area contributed by atoms with Gasteiger partial charge in [0.25, 0.3) is 0 Å². The number of benzene rings is 2. The van der Waals surface area contributed by atoms with Gasteiger partial charge >= 0.3 is 5.97 Å². The summed E-state index contributed by atoms with van der Waals surface area (Å²) in [4.78, 5) is 16.2. The summed E-state index contributed by atoms with van der Waals surface area (Å²) in [5, 5.41) is 3.92. The van der Waals surface area contributed by atoms with Crippen LogP contribution >= 0.6 is 34.5 Å². The highest BCUT2D eigenvalue weighted by Crippen LogP contribution is 2.21. The third kappa shape index (κ3) is 6.12. The Labute approximate surface area is 176 Å². The van der Waals surface area contributed by atoms with Crippen LogP contribution in [0.2, 0.25) is 10.0 Å². The number of esters is 1. The maximum absolute atomic E-state index is 11.9. The molecule has 0 aliphatic carbocycles. The van der Waals surface area contributed by atoms with Gasteiger partial charge in [-0.05, 0) is 55.0 Å². The number of carbonyl (C=O) groups is 1. The van der Waals surface area contributed by atoms with Crippen molar-refractivity contribution in [2.45, 2.75) is 20.1 Å². The lowest BCUT2D eigenvalue weighted by Gasteiger charge is -2.07. The lowest BCUT2D eigenvalue weighted by Crippen LogP contribution is -2.15. The van der Waals surface area contributed by atoms with Crippen molar-refractivity contribution in [1.82, 2.24) is 4.98 Å². The number of hydrogen-bond acceptors (Lipinski definition) is 6. The molecule has 0 saturated carbocycles. The van der Waals surface area contributed by atoms with Crippen LogP contribution in [-0.4, -0.2) is 17.6 Å². The number of aryl methyl sites for hydroxylation is 1. The fourth-order valence-electron chi connectivity index (χ4n) is 2.20. The zero-order valence-electron chi connectivity index (χ0n) is 15.0. The Morgan fingerprint density at radius 2 is 1.79 bits per heavy atom. The Kier molecular flexibility index (Phi) is 7.14. The van der Waals surface area contributed by atoms with Gasteiger partial charge in [-0.3, -0.25) is 0 Å². The molecule has 0 bridgehead atoms. The Morgan fingerprint density at radius 1 is 1.04 bits per heavy atom. The summed E-state index contributed by atoms with van der Waals surface area (Å²) in [5.74, 6) is 0.802. The number of halogens is 2. The van der Waals surface area contributed by atoms with Gasteiger partial charge in [0.15, 0.2) is 6.61 Å². The summed E-state index contributed by atoms with van der Waals surface area (Å²) < 4.78 is 16.2. The molecule has 1 heterocycles. The summed E-state index contributed by atoms with van der Waals surface area (Å²) >= 11 is 13.2. The average Bonchev–Trinajstić information content (AvgIpc) is 3.15. The van der Waals surface area contributed by atoms with Gasteiger partial charge in [0.05, 0.1) is 5.69 Å². The first kappa shape index (κ1) is 20.5. The fraction of sp³-hybridized carbons (Fsp3) is 0.200. The average molecular weight is 438 g/mol. The lowest BCUT2D eigenvalue weighted by molar-refractivity contribution is -0.147. The fourth-order valence-corrected chi connectivity index (χ4v) is 3.14. The van der Waals surface area contributed by atoms with E-state index in [0.717, 1.165) is 10.6 Å². The van der Waals surface area contributed by atoms with E-state index in [1.807, 2.05) is 12.3 Å². The largest absolute Gasteiger partial charge is 0.486 e. The van der Waals surface area contributed by atoms with Gasteiger partial charge in [0.2, 0.25) is 0 Å². The van der Waals surface area contributed by atoms with Crippen LogP contribution in [0.25, 0.3) is 0 Å². The standard InChI is InChI=1S/C20H17Cl2NO4S/c1-13-8-17(6-7-18(13)22)26-11-20(24)27-9-15-12-28-19(23-15)10-25-16-4-2-14(21)3-5-16/h2-8,12H,9-11H2,1H3. The Balaban J connectivity index is 1.41. The second-order valence-corrected chi connectivity index (χ2v) is 7.62. The van der Waals surface area contributed by atoms with E-state index in [9.17, 15) is 4.79 Å². The molecular formula is C20H17Cl2NO4S. The molecule has 0 unspecified atom stereocenters. The SMILES string of the molecule is Cc1cc(OCC(=O)OCc2csc(COc3ccc(Cl)cc3)n2)ccc1Cl. The minimum Gasteiger partial charge on any atom is -0.486 e. The molecule has 0 aliphatic rings. The maximum Gasteiger partial charge on any atom is 0.344 e. The van der Waals surface area contributed by atoms with Crippen molar-refractivity contribution < 1.29 is 19.0 Å². The van der Waals surface area contributed by atoms with Crippen LogP contribution in [0.15, 0.2) is 47.8 Å². The van der Waals surface area contributed by atoms with Crippen LogP contribution < -0.4 is 9.47 Å². The molecule has 0 saturated heterocycles. The van der Waals surface area contributed by atoms with Gasteiger partial charge < -0.3 is 14.2 Å². The van der Waals surface area contributed by atoms with Crippen molar-refractivity contribution in [3.05, 3.63) is 74.2 Å². The highest BCUT2D eigenvalue weighted by atomic mass is 35.5. The van der Waals surface area contributed by atoms with Crippen molar-refractivity contribution in [1.29, 1.82) is 0 Å². The molecule has 3 rings (SSSR count). The number of ether oxygens (including phenoxy) is 3. The minimum atomic E-state index is -0.473. The zero-order chi connectivity index (χ0) is 19.9. The third-order valence-corrected chi connectivity index (χ3v) is 5.19. The third-order valence-electron chi connectivity index (χ3n) is 3.64. The first-order valence-corrected chi connectivity index (χ1v) is 9.99. The molecule has 0 spiro atoms.